The highest BCUT2D eigenvalue weighted by molar-refractivity contribution is 6.05. The zero-order valence-electron chi connectivity index (χ0n) is 14.1. The van der Waals surface area contributed by atoms with Crippen molar-refractivity contribution in [1.82, 2.24) is 0 Å². The second-order valence-corrected chi connectivity index (χ2v) is 6.17. The van der Waals surface area contributed by atoms with Gasteiger partial charge >= 0.3 is 0 Å². The molecule has 6 heteroatoms. The molecule has 0 spiro atoms. The van der Waals surface area contributed by atoms with Crippen LogP contribution in [0.3, 0.4) is 0 Å². The Morgan fingerprint density at radius 1 is 0.889 bits per heavy atom. The number of hydrogen-bond donors (Lipinski definition) is 3. The van der Waals surface area contributed by atoms with Crippen LogP contribution in [-0.4, -0.2) is 27.2 Å². The summed E-state index contributed by atoms with van der Waals surface area (Å²) in [4.78, 5) is 12.4. The summed E-state index contributed by atoms with van der Waals surface area (Å²) in [6.45, 7) is 0. The highest BCUT2D eigenvalue weighted by Crippen LogP contribution is 2.42. The van der Waals surface area contributed by atoms with Crippen molar-refractivity contribution in [3.05, 3.63) is 77.9 Å². The van der Waals surface area contributed by atoms with E-state index in [4.69, 9.17) is 9.47 Å². The summed E-state index contributed by atoms with van der Waals surface area (Å²) in [5, 5.41) is 29.9. The lowest BCUT2D eigenvalue weighted by Gasteiger charge is -2.30. The van der Waals surface area contributed by atoms with E-state index in [1.807, 2.05) is 30.3 Å². The summed E-state index contributed by atoms with van der Waals surface area (Å²) in [5.74, 6) is -0.0211. The lowest BCUT2D eigenvalue weighted by Crippen LogP contribution is -2.36. The van der Waals surface area contributed by atoms with Gasteiger partial charge in [-0.25, -0.2) is 0 Å². The number of aliphatic hydroxyl groups excluding tert-OH is 1. The van der Waals surface area contributed by atoms with Crippen LogP contribution < -0.4 is 9.47 Å². The average Bonchev–Trinajstić information content (AvgIpc) is 2.65. The summed E-state index contributed by atoms with van der Waals surface area (Å²) >= 11 is 0. The fraction of sp³-hybridized carbons (Fsp3) is 0.0952. The zero-order chi connectivity index (χ0) is 19.0. The number of phenolic OH excluding ortho intramolecular Hbond substituents is 2. The summed E-state index contributed by atoms with van der Waals surface area (Å²) in [7, 11) is 0. The molecular formula is C21H16O6. The van der Waals surface area contributed by atoms with E-state index in [0.29, 0.717) is 17.1 Å². The Morgan fingerprint density at radius 3 is 2.26 bits per heavy atom. The summed E-state index contributed by atoms with van der Waals surface area (Å²) < 4.78 is 11.4. The fourth-order valence-corrected chi connectivity index (χ4v) is 3.01. The molecule has 1 aliphatic heterocycles. The van der Waals surface area contributed by atoms with Crippen LogP contribution in [0, 0.1) is 0 Å². The molecule has 3 aromatic carbocycles. The van der Waals surface area contributed by atoms with Crippen LogP contribution in [0.15, 0.2) is 66.7 Å². The van der Waals surface area contributed by atoms with E-state index in [9.17, 15) is 20.1 Å². The van der Waals surface area contributed by atoms with Gasteiger partial charge in [0.05, 0.1) is 0 Å². The van der Waals surface area contributed by atoms with E-state index in [1.54, 1.807) is 24.3 Å². The third kappa shape index (κ3) is 3.18. The average molecular weight is 364 g/mol. The van der Waals surface area contributed by atoms with Gasteiger partial charge in [-0.05, 0) is 29.8 Å². The molecule has 27 heavy (non-hydrogen) atoms. The minimum absolute atomic E-state index is 0.0254. The fourth-order valence-electron chi connectivity index (χ4n) is 3.01. The van der Waals surface area contributed by atoms with Gasteiger partial charge in [0.15, 0.2) is 12.2 Å². The molecule has 3 N–H and O–H groups in total. The van der Waals surface area contributed by atoms with Crippen molar-refractivity contribution in [2.45, 2.75) is 12.2 Å². The Labute approximate surface area is 154 Å². The van der Waals surface area contributed by atoms with E-state index in [2.05, 4.69) is 0 Å². The molecule has 4 rings (SSSR count). The monoisotopic (exact) mass is 364 g/mol. The number of aliphatic hydroxyl groups is 1. The molecule has 2 atom stereocenters. The number of hydrogen-bond acceptors (Lipinski definition) is 6. The normalized spacial score (nSPS) is 18.5. The third-order valence-corrected chi connectivity index (χ3v) is 4.31. The Hall–Kier alpha value is -3.51. The molecule has 0 saturated heterocycles. The lowest BCUT2D eigenvalue weighted by molar-refractivity contribution is 0.0210. The van der Waals surface area contributed by atoms with Crippen LogP contribution >= 0.6 is 0 Å². The molecule has 0 amide bonds. The number of aromatic hydroxyl groups is 2. The van der Waals surface area contributed by atoms with Crippen molar-refractivity contribution in [3.63, 3.8) is 0 Å². The van der Waals surface area contributed by atoms with E-state index in [0.717, 1.165) is 6.07 Å². The highest BCUT2D eigenvalue weighted by Gasteiger charge is 2.39. The number of carbonyl (C=O) groups is 1. The van der Waals surface area contributed by atoms with E-state index in [1.165, 1.54) is 6.07 Å². The predicted molar refractivity (Wildman–Crippen MR) is 96.4 cm³/mol. The maximum atomic E-state index is 12.4. The number of Topliss-reactive ketones (excluding diaryl/α,β-unsaturated/α-hetero) is 1. The first-order chi connectivity index (χ1) is 13.0. The van der Waals surface area contributed by atoms with Crippen LogP contribution in [-0.2, 0) is 0 Å². The van der Waals surface area contributed by atoms with Crippen LogP contribution in [0.25, 0.3) is 0 Å². The molecule has 0 bridgehead atoms. The number of fused-ring (bicyclic) bond motifs is 1. The summed E-state index contributed by atoms with van der Waals surface area (Å²) in [5.41, 5.74) is 0.422. The SMILES string of the molecule is O=C1c2c(O)cc(O)cc2OC(c2ccc(Oc3ccccc3)cc2)C1O. The second-order valence-electron chi connectivity index (χ2n) is 6.17. The van der Waals surface area contributed by atoms with Crippen LogP contribution in [0.4, 0.5) is 0 Å². The quantitative estimate of drug-likeness (QED) is 0.658. The summed E-state index contributed by atoms with van der Waals surface area (Å²) in [6.07, 6.45) is -2.44. The number of ketones is 1. The Bertz CT molecular complexity index is 982. The van der Waals surface area contributed by atoms with Crippen molar-refractivity contribution in [1.29, 1.82) is 0 Å². The first kappa shape index (κ1) is 16.9. The zero-order valence-corrected chi connectivity index (χ0v) is 14.1. The van der Waals surface area contributed by atoms with E-state index in [-0.39, 0.29) is 17.1 Å². The molecule has 1 heterocycles. The van der Waals surface area contributed by atoms with Gasteiger partial charge in [0.1, 0.15) is 34.3 Å². The van der Waals surface area contributed by atoms with E-state index >= 15 is 0 Å². The molecule has 0 saturated carbocycles. The third-order valence-electron chi connectivity index (χ3n) is 4.31. The number of phenols is 2. The topological polar surface area (TPSA) is 96.2 Å². The molecule has 0 aliphatic carbocycles. The number of carbonyl (C=O) groups excluding carboxylic acids is 1. The Balaban J connectivity index is 1.60. The first-order valence-corrected chi connectivity index (χ1v) is 8.31. The van der Waals surface area contributed by atoms with Gasteiger partial charge in [-0.15, -0.1) is 0 Å². The first-order valence-electron chi connectivity index (χ1n) is 8.31. The van der Waals surface area contributed by atoms with Gasteiger partial charge in [0.2, 0.25) is 5.78 Å². The number of ether oxygens (including phenoxy) is 2. The van der Waals surface area contributed by atoms with Crippen molar-refractivity contribution < 1.29 is 29.6 Å². The number of para-hydroxylation sites is 1. The second kappa shape index (κ2) is 6.66. The minimum atomic E-state index is -1.48. The van der Waals surface area contributed by atoms with Gasteiger partial charge in [0, 0.05) is 12.1 Å². The number of rotatable bonds is 3. The molecule has 6 nitrogen and oxygen atoms in total. The molecule has 0 fully saturated rings. The molecule has 3 aromatic rings. The van der Waals surface area contributed by atoms with Crippen molar-refractivity contribution in [3.8, 4) is 28.7 Å². The van der Waals surface area contributed by atoms with Gasteiger partial charge < -0.3 is 24.8 Å². The largest absolute Gasteiger partial charge is 0.508 e. The van der Waals surface area contributed by atoms with Gasteiger partial charge in [-0.1, -0.05) is 30.3 Å². The van der Waals surface area contributed by atoms with Gasteiger partial charge in [-0.3, -0.25) is 4.79 Å². The smallest absolute Gasteiger partial charge is 0.202 e. The summed E-state index contributed by atoms with van der Waals surface area (Å²) in [6, 6.07) is 18.3. The van der Waals surface area contributed by atoms with Gasteiger partial charge in [0.25, 0.3) is 0 Å². The van der Waals surface area contributed by atoms with Crippen LogP contribution in [0.5, 0.6) is 28.7 Å². The molecule has 0 aromatic heterocycles. The molecule has 2 unspecified atom stereocenters. The van der Waals surface area contributed by atoms with Crippen molar-refractivity contribution in [2.24, 2.45) is 0 Å². The van der Waals surface area contributed by atoms with Crippen molar-refractivity contribution >= 4 is 5.78 Å². The predicted octanol–water partition coefficient (Wildman–Crippen LogP) is 3.57. The molecular weight excluding hydrogens is 348 g/mol. The van der Waals surface area contributed by atoms with Crippen LogP contribution in [0.2, 0.25) is 0 Å². The molecule has 136 valence electrons. The number of benzene rings is 3. The Kier molecular flexibility index (Phi) is 4.18. The van der Waals surface area contributed by atoms with Gasteiger partial charge in [-0.2, -0.15) is 0 Å². The minimum Gasteiger partial charge on any atom is -0.508 e. The standard InChI is InChI=1S/C21H16O6/c22-13-10-16(23)18-17(11-13)27-21(20(25)19(18)24)12-6-8-15(9-7-12)26-14-4-2-1-3-5-14/h1-11,20-23,25H. The molecule has 0 radical (unpaired) electrons. The lowest BCUT2D eigenvalue weighted by atomic mass is 9.93. The Morgan fingerprint density at radius 2 is 1.56 bits per heavy atom. The van der Waals surface area contributed by atoms with E-state index < -0.39 is 23.7 Å². The van der Waals surface area contributed by atoms with Crippen LogP contribution in [0.1, 0.15) is 22.0 Å². The maximum Gasteiger partial charge on any atom is 0.202 e. The maximum absolute atomic E-state index is 12.4. The molecule has 1 aliphatic rings. The van der Waals surface area contributed by atoms with Crippen molar-refractivity contribution in [2.75, 3.05) is 0 Å². The highest BCUT2D eigenvalue weighted by atomic mass is 16.5.